The molecule has 140 valence electrons. The van der Waals surface area contributed by atoms with Crippen molar-refractivity contribution in [2.45, 2.75) is 57.8 Å². The van der Waals surface area contributed by atoms with E-state index in [2.05, 4.69) is 41.8 Å². The molecule has 0 spiro atoms. The Morgan fingerprint density at radius 1 is 1.00 bits per heavy atom. The maximum absolute atomic E-state index is 13.1. The summed E-state index contributed by atoms with van der Waals surface area (Å²) in [5, 5.41) is 5.88. The molecule has 4 fully saturated rings. The number of hydrogen-bond acceptors (Lipinski definition) is 2. The van der Waals surface area contributed by atoms with Gasteiger partial charge in [-0.1, -0.05) is 29.8 Å². The van der Waals surface area contributed by atoms with Gasteiger partial charge >= 0.3 is 0 Å². The van der Waals surface area contributed by atoms with Crippen LogP contribution in [0, 0.1) is 24.2 Å². The highest BCUT2D eigenvalue weighted by molar-refractivity contribution is 5.83. The summed E-state index contributed by atoms with van der Waals surface area (Å²) in [6.07, 6.45) is 6.86. The van der Waals surface area contributed by atoms with Crippen LogP contribution < -0.4 is 10.6 Å². The van der Waals surface area contributed by atoms with Crippen LogP contribution in [0.5, 0.6) is 0 Å². The molecule has 4 aliphatic carbocycles. The first-order chi connectivity index (χ1) is 12.4. The highest BCUT2D eigenvalue weighted by Gasteiger charge is 2.60. The van der Waals surface area contributed by atoms with E-state index in [0.29, 0.717) is 24.9 Å². The Kier molecular flexibility index (Phi) is 4.32. The molecule has 1 aromatic carbocycles. The van der Waals surface area contributed by atoms with Gasteiger partial charge in [0.25, 0.3) is 0 Å². The molecule has 4 saturated carbocycles. The Labute approximate surface area is 156 Å². The molecule has 2 N–H and O–H groups in total. The van der Waals surface area contributed by atoms with E-state index in [9.17, 15) is 9.59 Å². The number of amides is 2. The first-order valence-corrected chi connectivity index (χ1v) is 10.0. The van der Waals surface area contributed by atoms with E-state index >= 15 is 0 Å². The van der Waals surface area contributed by atoms with Crippen molar-refractivity contribution in [3.05, 3.63) is 35.4 Å². The molecule has 0 aromatic heterocycles. The Balaban J connectivity index is 1.53. The largest absolute Gasteiger partial charge is 0.355 e. The summed E-state index contributed by atoms with van der Waals surface area (Å²) >= 11 is 0. The molecule has 26 heavy (non-hydrogen) atoms. The Bertz CT molecular complexity index is 695. The zero-order valence-corrected chi connectivity index (χ0v) is 15.9. The highest BCUT2D eigenvalue weighted by atomic mass is 16.2. The minimum Gasteiger partial charge on any atom is -0.355 e. The molecular formula is C22H30N2O2. The van der Waals surface area contributed by atoms with Gasteiger partial charge in [-0.15, -0.1) is 0 Å². The van der Waals surface area contributed by atoms with Crippen LogP contribution in [0.2, 0.25) is 0 Å². The summed E-state index contributed by atoms with van der Waals surface area (Å²) in [5.74, 6) is 1.53. The highest BCUT2D eigenvalue weighted by Crippen LogP contribution is 2.65. The lowest BCUT2D eigenvalue weighted by molar-refractivity contribution is -0.149. The smallest absolute Gasteiger partial charge is 0.226 e. The van der Waals surface area contributed by atoms with Crippen molar-refractivity contribution in [3.8, 4) is 0 Å². The van der Waals surface area contributed by atoms with E-state index in [-0.39, 0.29) is 22.6 Å². The molecule has 4 aliphatic rings. The van der Waals surface area contributed by atoms with Crippen molar-refractivity contribution >= 4 is 11.8 Å². The molecule has 0 heterocycles. The van der Waals surface area contributed by atoms with Crippen molar-refractivity contribution in [1.29, 1.82) is 0 Å². The summed E-state index contributed by atoms with van der Waals surface area (Å²) in [6, 6.07) is 9.03. The second-order valence-corrected chi connectivity index (χ2v) is 9.13. The number of benzene rings is 1. The van der Waals surface area contributed by atoms with Gasteiger partial charge in [0.05, 0.1) is 5.41 Å². The zero-order valence-electron chi connectivity index (χ0n) is 15.9. The Morgan fingerprint density at radius 3 is 2.23 bits per heavy atom. The van der Waals surface area contributed by atoms with Crippen molar-refractivity contribution in [3.63, 3.8) is 0 Å². The monoisotopic (exact) mass is 354 g/mol. The van der Waals surface area contributed by atoms with Crippen molar-refractivity contribution in [1.82, 2.24) is 10.6 Å². The third-order valence-electron chi connectivity index (χ3n) is 6.99. The molecule has 4 nitrogen and oxygen atoms in total. The number of hydrogen-bond donors (Lipinski definition) is 2. The molecule has 2 amide bonds. The predicted octanol–water partition coefficient (Wildman–Crippen LogP) is 3.09. The molecule has 4 heteroatoms. The SMILES string of the molecule is CC(=O)NCCNC(=O)C12CC3CC(C1)CC(c1ccc(C)cc1)(C3)C2. The number of nitrogens with one attached hydrogen (secondary N) is 2. The van der Waals surface area contributed by atoms with E-state index < -0.39 is 0 Å². The molecule has 2 unspecified atom stereocenters. The fraction of sp³-hybridized carbons (Fsp3) is 0.636. The van der Waals surface area contributed by atoms with Crippen LogP contribution in [-0.4, -0.2) is 24.9 Å². The molecule has 0 aliphatic heterocycles. The molecule has 5 rings (SSSR count). The summed E-state index contributed by atoms with van der Waals surface area (Å²) in [4.78, 5) is 24.2. The number of carbonyl (C=O) groups excluding carboxylic acids is 2. The second kappa shape index (κ2) is 6.40. The molecule has 0 radical (unpaired) electrons. The maximum Gasteiger partial charge on any atom is 0.226 e. The third kappa shape index (κ3) is 3.04. The van der Waals surface area contributed by atoms with E-state index in [1.807, 2.05) is 0 Å². The van der Waals surface area contributed by atoms with Crippen LogP contribution in [0.3, 0.4) is 0 Å². The van der Waals surface area contributed by atoms with Crippen molar-refractivity contribution in [2.24, 2.45) is 17.3 Å². The van der Waals surface area contributed by atoms with Gasteiger partial charge in [-0.05, 0) is 68.3 Å². The summed E-state index contributed by atoms with van der Waals surface area (Å²) < 4.78 is 0. The first kappa shape index (κ1) is 17.6. The van der Waals surface area contributed by atoms with Gasteiger partial charge in [0.1, 0.15) is 0 Å². The predicted molar refractivity (Wildman–Crippen MR) is 102 cm³/mol. The van der Waals surface area contributed by atoms with Crippen LogP contribution in [0.25, 0.3) is 0 Å². The van der Waals surface area contributed by atoms with E-state index in [4.69, 9.17) is 0 Å². The fourth-order valence-corrected chi connectivity index (χ4v) is 6.38. The van der Waals surface area contributed by atoms with E-state index in [1.165, 1.54) is 37.3 Å². The molecular weight excluding hydrogens is 324 g/mol. The minimum atomic E-state index is -0.203. The fourth-order valence-electron chi connectivity index (χ4n) is 6.38. The lowest BCUT2D eigenvalue weighted by Crippen LogP contribution is -2.59. The van der Waals surface area contributed by atoms with Gasteiger partial charge in [-0.3, -0.25) is 9.59 Å². The molecule has 0 saturated heterocycles. The number of carbonyl (C=O) groups is 2. The van der Waals surface area contributed by atoms with Crippen LogP contribution in [0.15, 0.2) is 24.3 Å². The number of rotatable bonds is 5. The lowest BCUT2D eigenvalue weighted by Gasteiger charge is -2.61. The summed E-state index contributed by atoms with van der Waals surface area (Å²) in [5.41, 5.74) is 2.72. The van der Waals surface area contributed by atoms with Crippen LogP contribution >= 0.6 is 0 Å². The Morgan fingerprint density at radius 2 is 1.62 bits per heavy atom. The molecule has 1 aromatic rings. The van der Waals surface area contributed by atoms with E-state index in [1.54, 1.807) is 0 Å². The van der Waals surface area contributed by atoms with Crippen LogP contribution in [-0.2, 0) is 15.0 Å². The average Bonchev–Trinajstić information content (AvgIpc) is 2.57. The van der Waals surface area contributed by atoms with Gasteiger partial charge < -0.3 is 10.6 Å². The zero-order chi connectivity index (χ0) is 18.4. The van der Waals surface area contributed by atoms with Gasteiger partial charge in [0, 0.05) is 20.0 Å². The quantitative estimate of drug-likeness (QED) is 0.799. The number of aryl methyl sites for hydroxylation is 1. The van der Waals surface area contributed by atoms with Gasteiger partial charge in [0.15, 0.2) is 0 Å². The minimum absolute atomic E-state index is 0.0487. The maximum atomic E-state index is 13.1. The topological polar surface area (TPSA) is 58.2 Å². The van der Waals surface area contributed by atoms with Gasteiger partial charge in [-0.25, -0.2) is 0 Å². The van der Waals surface area contributed by atoms with Gasteiger partial charge in [-0.2, -0.15) is 0 Å². The summed E-state index contributed by atoms with van der Waals surface area (Å²) in [7, 11) is 0. The lowest BCUT2D eigenvalue weighted by atomic mass is 9.42. The van der Waals surface area contributed by atoms with Crippen molar-refractivity contribution < 1.29 is 9.59 Å². The third-order valence-corrected chi connectivity index (χ3v) is 6.99. The van der Waals surface area contributed by atoms with Gasteiger partial charge in [0.2, 0.25) is 11.8 Å². The first-order valence-electron chi connectivity index (χ1n) is 10.0. The normalized spacial score (nSPS) is 34.5. The molecule has 2 atom stereocenters. The standard InChI is InChI=1S/C22H30N2O2/c1-15-3-5-19(6-4-15)21-10-17-9-18(11-21)13-22(12-17,14-21)20(26)24-8-7-23-16(2)25/h3-6,17-18H,7-14H2,1-2H3,(H,23,25)(H,24,26). The van der Waals surface area contributed by atoms with Crippen molar-refractivity contribution in [2.75, 3.05) is 13.1 Å². The van der Waals surface area contributed by atoms with E-state index in [0.717, 1.165) is 19.3 Å². The average molecular weight is 354 g/mol. The second-order valence-electron chi connectivity index (χ2n) is 9.13. The Hall–Kier alpha value is -1.84. The summed E-state index contributed by atoms with van der Waals surface area (Å²) in [6.45, 7) is 4.67. The molecule has 4 bridgehead atoms. The van der Waals surface area contributed by atoms with Crippen LogP contribution in [0.1, 0.15) is 56.6 Å². The van der Waals surface area contributed by atoms with Crippen LogP contribution in [0.4, 0.5) is 0 Å².